The highest BCUT2D eigenvalue weighted by Gasteiger charge is 2.60. The molecule has 4 heteroatoms. The van der Waals surface area contributed by atoms with Crippen LogP contribution in [-0.4, -0.2) is 36.9 Å². The van der Waals surface area contributed by atoms with Gasteiger partial charge in [-0.25, -0.2) is 0 Å². The van der Waals surface area contributed by atoms with Gasteiger partial charge in [0.15, 0.2) is 5.79 Å². The van der Waals surface area contributed by atoms with Crippen molar-refractivity contribution in [2.75, 3.05) is 19.9 Å². The predicted molar refractivity (Wildman–Crippen MR) is 97.2 cm³/mol. The molecule has 148 valence electrons. The summed E-state index contributed by atoms with van der Waals surface area (Å²) in [6.45, 7) is 3.58. The van der Waals surface area contributed by atoms with Gasteiger partial charge in [-0.05, 0) is 85.9 Å². The largest absolute Gasteiger partial charge is 0.393 e. The van der Waals surface area contributed by atoms with Gasteiger partial charge >= 0.3 is 0 Å². The van der Waals surface area contributed by atoms with E-state index in [4.69, 9.17) is 9.47 Å². The maximum Gasteiger partial charge on any atom is 0.168 e. The van der Waals surface area contributed by atoms with Crippen LogP contribution in [0.3, 0.4) is 0 Å². The van der Waals surface area contributed by atoms with E-state index in [9.17, 15) is 9.50 Å². The van der Waals surface area contributed by atoms with Crippen LogP contribution >= 0.6 is 0 Å². The summed E-state index contributed by atoms with van der Waals surface area (Å²) >= 11 is 0. The Balaban J connectivity index is 1.42. The van der Waals surface area contributed by atoms with E-state index >= 15 is 0 Å². The lowest BCUT2D eigenvalue weighted by Gasteiger charge is -2.59. The Kier molecular flexibility index (Phi) is 4.41. The smallest absolute Gasteiger partial charge is 0.168 e. The Bertz CT molecular complexity index is 533. The Hall–Kier alpha value is -0.190. The van der Waals surface area contributed by atoms with Crippen LogP contribution in [-0.2, 0) is 9.47 Å². The van der Waals surface area contributed by atoms with Gasteiger partial charge in [0.05, 0.1) is 26.0 Å². The maximum atomic E-state index is 13.5. The number of hydrogen-bond acceptors (Lipinski definition) is 3. The molecule has 4 aliphatic carbocycles. The summed E-state index contributed by atoms with van der Waals surface area (Å²) in [5.41, 5.74) is 0.0292. The Morgan fingerprint density at radius 1 is 1.00 bits per heavy atom. The lowest BCUT2D eigenvalue weighted by atomic mass is 9.47. The first-order chi connectivity index (χ1) is 12.6. The van der Waals surface area contributed by atoms with Crippen molar-refractivity contribution >= 4 is 0 Å². The van der Waals surface area contributed by atoms with E-state index < -0.39 is 0 Å². The summed E-state index contributed by atoms with van der Waals surface area (Å²) in [5, 5.41) is 10.7. The van der Waals surface area contributed by atoms with Gasteiger partial charge in [0.2, 0.25) is 0 Å². The predicted octanol–water partition coefficient (Wildman–Crippen LogP) is 4.33. The summed E-state index contributed by atoms with van der Waals surface area (Å²) in [6.07, 6.45) is 9.45. The molecule has 5 fully saturated rings. The Labute approximate surface area is 157 Å². The molecule has 3 nitrogen and oxygen atoms in total. The lowest BCUT2D eigenvalue weighted by Crippen LogP contribution is -2.55. The summed E-state index contributed by atoms with van der Waals surface area (Å²) in [4.78, 5) is 0. The third kappa shape index (κ3) is 2.54. The molecule has 26 heavy (non-hydrogen) atoms. The molecule has 4 saturated carbocycles. The van der Waals surface area contributed by atoms with Crippen molar-refractivity contribution in [1.82, 2.24) is 0 Å². The summed E-state index contributed by atoms with van der Waals surface area (Å²) in [5.74, 6) is 3.55. The molecular weight excluding hydrogens is 331 g/mol. The van der Waals surface area contributed by atoms with Gasteiger partial charge in [0, 0.05) is 12.8 Å². The normalized spacial score (nSPS) is 52.5. The average Bonchev–Trinajstić information content (AvgIpc) is 3.19. The minimum atomic E-state index is -0.295. The third-order valence-electron chi connectivity index (χ3n) is 9.31. The molecular formula is C22H35FO3. The minimum absolute atomic E-state index is 0.0292. The molecule has 0 bridgehead atoms. The highest BCUT2D eigenvalue weighted by Crippen LogP contribution is 2.65. The number of aliphatic hydroxyl groups is 1. The monoisotopic (exact) mass is 366 g/mol. The first kappa shape index (κ1) is 17.9. The summed E-state index contributed by atoms with van der Waals surface area (Å²) in [6, 6.07) is 0. The quantitative estimate of drug-likeness (QED) is 0.791. The zero-order valence-corrected chi connectivity index (χ0v) is 16.2. The lowest BCUT2D eigenvalue weighted by molar-refractivity contribution is -0.215. The zero-order chi connectivity index (χ0) is 17.9. The molecule has 5 rings (SSSR count). The van der Waals surface area contributed by atoms with E-state index in [0.29, 0.717) is 41.9 Å². The van der Waals surface area contributed by atoms with Crippen molar-refractivity contribution in [2.45, 2.75) is 76.6 Å². The molecule has 5 aliphatic rings. The van der Waals surface area contributed by atoms with Gasteiger partial charge in [-0.15, -0.1) is 0 Å². The van der Waals surface area contributed by atoms with Crippen molar-refractivity contribution in [2.24, 2.45) is 40.9 Å². The van der Waals surface area contributed by atoms with Crippen molar-refractivity contribution in [1.29, 1.82) is 0 Å². The average molecular weight is 367 g/mol. The molecule has 5 unspecified atom stereocenters. The molecule has 1 spiro atoms. The maximum absolute atomic E-state index is 13.5. The van der Waals surface area contributed by atoms with E-state index in [1.165, 1.54) is 25.7 Å². The number of fused-ring (bicyclic) bond motifs is 5. The molecule has 1 heterocycles. The van der Waals surface area contributed by atoms with Gasteiger partial charge in [0.25, 0.3) is 0 Å². The molecule has 0 amide bonds. The third-order valence-corrected chi connectivity index (χ3v) is 9.31. The van der Waals surface area contributed by atoms with Gasteiger partial charge in [-0.1, -0.05) is 6.92 Å². The van der Waals surface area contributed by atoms with Gasteiger partial charge < -0.3 is 14.6 Å². The number of rotatable bonds is 2. The number of alkyl halides is 1. The van der Waals surface area contributed by atoms with Crippen LogP contribution in [0.1, 0.15) is 64.7 Å². The van der Waals surface area contributed by atoms with E-state index in [-0.39, 0.29) is 24.0 Å². The van der Waals surface area contributed by atoms with E-state index in [0.717, 1.165) is 38.9 Å². The van der Waals surface area contributed by atoms with Gasteiger partial charge in [-0.2, -0.15) is 0 Å². The fraction of sp³-hybridized carbons (Fsp3) is 1.00. The fourth-order valence-corrected chi connectivity index (χ4v) is 8.31. The molecule has 8 atom stereocenters. The number of halogens is 1. The number of aliphatic hydroxyl groups excluding tert-OH is 1. The van der Waals surface area contributed by atoms with Crippen LogP contribution in [0.25, 0.3) is 0 Å². The van der Waals surface area contributed by atoms with Crippen molar-refractivity contribution in [3.63, 3.8) is 0 Å². The van der Waals surface area contributed by atoms with E-state index in [1.54, 1.807) is 0 Å². The Morgan fingerprint density at radius 2 is 1.81 bits per heavy atom. The first-order valence-electron chi connectivity index (χ1n) is 11.1. The fourth-order valence-electron chi connectivity index (χ4n) is 8.31. The number of hydrogen-bond donors (Lipinski definition) is 1. The molecule has 0 aromatic heterocycles. The van der Waals surface area contributed by atoms with Crippen LogP contribution in [0.2, 0.25) is 0 Å². The van der Waals surface area contributed by atoms with Crippen LogP contribution in [0.4, 0.5) is 4.39 Å². The van der Waals surface area contributed by atoms with Crippen LogP contribution in [0.5, 0.6) is 0 Å². The molecule has 0 aromatic rings. The standard InChI is InChI=1S/C22H35FO3/c1-21-12-15(7-9-23)20-16-6-8-22(25-10-11-26-22)13-14(16)2-3-17(20)18(21)4-5-19(21)24/h14-20,24H,2-13H2,1H3/t14-,15?,16?,17?,18?,19-,20?,21-/m0/s1. The first-order valence-corrected chi connectivity index (χ1v) is 11.1. The minimum Gasteiger partial charge on any atom is -0.393 e. The highest BCUT2D eigenvalue weighted by atomic mass is 19.1. The second kappa shape index (κ2) is 6.42. The molecule has 1 N–H and O–H groups in total. The molecule has 1 aliphatic heterocycles. The van der Waals surface area contributed by atoms with Gasteiger partial charge in [0.1, 0.15) is 0 Å². The van der Waals surface area contributed by atoms with Gasteiger partial charge in [-0.3, -0.25) is 4.39 Å². The molecule has 0 radical (unpaired) electrons. The molecule has 0 aromatic carbocycles. The summed E-state index contributed by atoms with van der Waals surface area (Å²) < 4.78 is 25.5. The summed E-state index contributed by atoms with van der Waals surface area (Å²) in [7, 11) is 0. The van der Waals surface area contributed by atoms with E-state index in [1.807, 2.05) is 0 Å². The topological polar surface area (TPSA) is 38.7 Å². The second-order valence-electron chi connectivity index (χ2n) is 10.2. The van der Waals surface area contributed by atoms with E-state index in [2.05, 4.69) is 6.92 Å². The Morgan fingerprint density at radius 3 is 2.58 bits per heavy atom. The van der Waals surface area contributed by atoms with Crippen molar-refractivity contribution < 1.29 is 19.0 Å². The van der Waals surface area contributed by atoms with Crippen LogP contribution in [0.15, 0.2) is 0 Å². The second-order valence-corrected chi connectivity index (χ2v) is 10.2. The van der Waals surface area contributed by atoms with Crippen molar-refractivity contribution in [3.05, 3.63) is 0 Å². The zero-order valence-electron chi connectivity index (χ0n) is 16.2. The number of ether oxygens (including phenoxy) is 2. The van der Waals surface area contributed by atoms with Crippen LogP contribution < -0.4 is 0 Å². The highest BCUT2D eigenvalue weighted by molar-refractivity contribution is 5.09. The van der Waals surface area contributed by atoms with Crippen LogP contribution in [0, 0.1) is 40.9 Å². The molecule has 1 saturated heterocycles. The van der Waals surface area contributed by atoms with Crippen molar-refractivity contribution in [3.8, 4) is 0 Å². The SMILES string of the molecule is C[C@]12CC(CCF)C3C(CC[C@H]4CC5(CCC34)OCCO5)C1CC[C@@H]2O.